The Morgan fingerprint density at radius 2 is 0.691 bits per heavy atom. The Labute approximate surface area is 729 Å². The van der Waals surface area contributed by atoms with Crippen LogP contribution in [0.15, 0.2) is 122 Å². The van der Waals surface area contributed by atoms with Crippen LogP contribution >= 0.6 is 12.4 Å². The molecule has 4 aromatic heterocycles. The first-order valence-corrected chi connectivity index (χ1v) is 41.0. The molecule has 0 radical (unpaired) electrons. The minimum Gasteiger partial charge on any atom is -0.480 e. The number of halogens is 1. The van der Waals surface area contributed by atoms with E-state index in [2.05, 4.69) is 96.3 Å². The normalized spacial score (nSPS) is 16.4. The molecule has 3 saturated heterocycles. The second kappa shape index (κ2) is 60.0. The number of nitrogens with one attached hydrogen (secondary N) is 2. The molecule has 123 heavy (non-hydrogen) atoms. The molecule has 37 heteroatoms. The third kappa shape index (κ3) is 51.2. The van der Waals surface area contributed by atoms with Crippen molar-refractivity contribution in [2.75, 3.05) is 197 Å². The summed E-state index contributed by atoms with van der Waals surface area (Å²) in [6.07, 6.45) is 0.750. The number of ether oxygens (including phenoxy) is 2. The van der Waals surface area contributed by atoms with Gasteiger partial charge in [0, 0.05) is 240 Å². The first kappa shape index (κ1) is 111. The molecule has 686 valence electrons. The lowest BCUT2D eigenvalue weighted by atomic mass is 9.96. The van der Waals surface area contributed by atoms with Crippen molar-refractivity contribution in [2.45, 2.75) is 134 Å². The summed E-state index contributed by atoms with van der Waals surface area (Å²) in [4.78, 5) is 163. The van der Waals surface area contributed by atoms with Gasteiger partial charge in [-0.3, -0.25) is 67.9 Å². The van der Waals surface area contributed by atoms with E-state index in [0.29, 0.717) is 118 Å². The Balaban J connectivity index is 0.000000903. The van der Waals surface area contributed by atoms with E-state index in [-0.39, 0.29) is 79.0 Å². The van der Waals surface area contributed by atoms with Gasteiger partial charge in [-0.1, -0.05) is 96.1 Å². The Morgan fingerprint density at radius 3 is 1.07 bits per heavy atom. The van der Waals surface area contributed by atoms with E-state index in [9.17, 15) is 49.1 Å². The number of likely N-dealkylation sites (N-methyl/N-ethyl adjacent to an activating group) is 1. The number of carboxylic acid groups (broad SMARTS) is 1. The van der Waals surface area contributed by atoms with Gasteiger partial charge in [-0.2, -0.15) is 43.5 Å². The van der Waals surface area contributed by atoms with Gasteiger partial charge >= 0.3 is 36.4 Å². The number of carbonyl (C=O) groups excluding carboxylic acids is 8. The van der Waals surface area contributed by atoms with Gasteiger partial charge in [-0.15, -0.1) is 17.1 Å². The third-order valence-electron chi connectivity index (χ3n) is 18.7. The summed E-state index contributed by atoms with van der Waals surface area (Å²) in [6.45, 7) is 49.5. The summed E-state index contributed by atoms with van der Waals surface area (Å²) in [5.41, 5.74) is 1.89. The molecule has 0 unspecified atom stereocenters. The molecule has 7 heterocycles. The summed E-state index contributed by atoms with van der Waals surface area (Å²) < 4.78 is 15.6. The number of rotatable bonds is 19. The van der Waals surface area contributed by atoms with Crippen LogP contribution in [0.4, 0.5) is 0 Å². The molecule has 3 aliphatic rings. The maximum Gasteiger partial charge on any atom is 0.373 e. The summed E-state index contributed by atoms with van der Waals surface area (Å²) in [7, 11) is 3.83. The second-order valence-corrected chi connectivity index (χ2v) is 34.1. The zero-order valence-electron chi connectivity index (χ0n) is 74.8. The van der Waals surface area contributed by atoms with Gasteiger partial charge in [0.1, 0.15) is 17.8 Å². The zero-order valence-corrected chi connectivity index (χ0v) is 75.7. The number of carbonyl (C=O) groups is 3. The van der Waals surface area contributed by atoms with Crippen LogP contribution < -0.4 is 37.7 Å². The van der Waals surface area contributed by atoms with Crippen molar-refractivity contribution in [2.24, 2.45) is 17.9 Å². The predicted molar refractivity (Wildman–Crippen MR) is 463 cm³/mol. The van der Waals surface area contributed by atoms with E-state index >= 15 is 0 Å². The fraction of sp³-hybridized carbons (Fsp3) is 0.616. The molecule has 0 aliphatic carbocycles. The Hall–Kier alpha value is -9.73. The van der Waals surface area contributed by atoms with Gasteiger partial charge in [-0.25, -0.2) is 0 Å². The highest BCUT2D eigenvalue weighted by Gasteiger charge is 2.27. The van der Waals surface area contributed by atoms with Crippen molar-refractivity contribution >= 4 is 48.8 Å². The van der Waals surface area contributed by atoms with Crippen LogP contribution in [0, 0.1) is 22.2 Å². The number of aromatic nitrogens is 4. The average Bonchev–Trinajstić information content (AvgIpc) is 0.859. The first-order valence-electron chi connectivity index (χ1n) is 41.0. The minimum absolute atomic E-state index is 0. The molecule has 36 nitrogen and oxygen atoms in total. The highest BCUT2D eigenvalue weighted by molar-refractivity contribution is 5.85. The van der Waals surface area contributed by atoms with Crippen LogP contribution in [0.2, 0.25) is 0 Å². The molecule has 0 bridgehead atoms. The predicted octanol–water partition coefficient (Wildman–Crippen LogP) is 2.98. The van der Waals surface area contributed by atoms with Crippen molar-refractivity contribution < 1.29 is 73.0 Å². The third-order valence-corrected chi connectivity index (χ3v) is 18.7. The lowest BCUT2D eigenvalue weighted by Crippen LogP contribution is -2.48. The highest BCUT2D eigenvalue weighted by Crippen LogP contribution is 2.19. The maximum absolute atomic E-state index is 13.1. The number of hydrogen-bond acceptors (Lipinski definition) is 31. The van der Waals surface area contributed by atoms with E-state index in [1.54, 1.807) is 47.0 Å². The largest absolute Gasteiger partial charge is 0.480 e. The van der Waals surface area contributed by atoms with Crippen molar-refractivity contribution in [1.29, 1.82) is 5.26 Å². The smallest absolute Gasteiger partial charge is 0.373 e. The highest BCUT2D eigenvalue weighted by atomic mass is 35.5. The molecule has 5 N–H and O–H groups in total. The Kier molecular flexibility index (Phi) is 54.2. The summed E-state index contributed by atoms with van der Waals surface area (Å²) >= 11 is 0. The molecular weight excluding hydrogens is 1610 g/mol. The molecule has 0 saturated carbocycles. The van der Waals surface area contributed by atoms with Crippen molar-refractivity contribution in [3.05, 3.63) is 173 Å². The van der Waals surface area contributed by atoms with E-state index in [4.69, 9.17) is 48.3 Å². The molecule has 5 aromatic rings. The van der Waals surface area contributed by atoms with Crippen LogP contribution in [-0.2, 0) is 92.5 Å². The minimum atomic E-state index is -0.922. The Morgan fingerprint density at radius 1 is 0.398 bits per heavy atom. The lowest BCUT2D eigenvalue weighted by Gasteiger charge is -2.36. The number of aliphatic carboxylic acids is 1. The van der Waals surface area contributed by atoms with E-state index in [0.717, 1.165) is 128 Å². The standard InChI is InChI=1S/C39H58N6O5.C23H34N6O6.C19H40N4O2.C2H3N.3CO2.ClH/c1-38(2,3)31-44-25-23-41(27-33-15-11-17-35(46)40(33)7)19-21-43(29-37(48)50-39(4,5)6)22-20-42(24-26-44)28-34-16-12-18-36(47)45(34)49-30-32-13-9-8-10-14-32;1-24-8-10-25(16-19-4-2-6-21(30)28(19)34)12-14-27(18-23(32)33)15-13-26(11-9-24)17-20-5-3-7-22(31)29(20)35;1-18(2,3)16-23-13-9-20-7-11-22(12-8-21-10-14-23)15-17(24)25-19(4,5)6;1-2-3;3*2-1-3;/h8-18H,19-31H2,1-7H3;2-7,34-35H,8-18H2,1H3,(H,32,33);20-21H,7-16H2,1-6H3;1H3;;;;1H. The second-order valence-electron chi connectivity index (χ2n) is 34.1. The summed E-state index contributed by atoms with van der Waals surface area (Å²) in [5.74, 6) is -1.32. The fourth-order valence-electron chi connectivity index (χ4n) is 13.2. The summed E-state index contributed by atoms with van der Waals surface area (Å²) in [6, 6.07) is 31.4. The Bertz CT molecular complexity index is 4150. The van der Waals surface area contributed by atoms with Crippen LogP contribution in [0.5, 0.6) is 0 Å². The number of benzene rings is 1. The molecule has 0 spiro atoms. The van der Waals surface area contributed by atoms with Crippen LogP contribution in [0.1, 0.15) is 118 Å². The van der Waals surface area contributed by atoms with Gasteiger partial charge in [0.05, 0.1) is 42.8 Å². The van der Waals surface area contributed by atoms with Crippen molar-refractivity contribution in [3.63, 3.8) is 0 Å². The molecule has 1 aromatic carbocycles. The topological polar surface area (TPSA) is 410 Å². The molecule has 3 fully saturated rings. The van der Waals surface area contributed by atoms with Gasteiger partial charge in [-0.05, 0) is 89.2 Å². The molecule has 0 atom stereocenters. The molecule has 3 aliphatic heterocycles. The van der Waals surface area contributed by atoms with Crippen molar-refractivity contribution in [3.8, 4) is 6.07 Å². The molecular formula is C86H136ClN17O19. The van der Waals surface area contributed by atoms with Gasteiger partial charge in [0.15, 0.2) is 0 Å². The molecule has 0 amide bonds. The number of hydrogen-bond donors (Lipinski definition) is 5. The van der Waals surface area contributed by atoms with Crippen LogP contribution in [0.3, 0.4) is 0 Å². The van der Waals surface area contributed by atoms with E-state index in [1.165, 1.54) is 29.9 Å². The number of carboxylic acids is 1. The van der Waals surface area contributed by atoms with Gasteiger partial charge < -0.3 is 59.7 Å². The van der Waals surface area contributed by atoms with Gasteiger partial charge in [0.25, 0.3) is 16.7 Å². The SMILES string of the molecule is CC#N.CC(C)(C)CN1CCNCCN(CC(=O)OC(C)(C)C)CCNCC1.CN1CCN(Cc2cccc(=O)n2O)CCN(CC(=O)O)CCN(Cc2cccc(=O)n2O)CC1.Cl.Cn1c(CN2CCN(CC(=O)OC(C)(C)C)CCN(Cc3cccc(=O)n3OCc3ccccc3)CCN(CC(C)(C)C)CC2)cccc1=O.O=C=O.O=C=O.O=C=O. The number of esters is 2. The van der Waals surface area contributed by atoms with E-state index < -0.39 is 28.3 Å². The maximum atomic E-state index is 13.1. The monoisotopic (exact) mass is 1750 g/mol. The molecule has 8 rings (SSSR count). The fourth-order valence-corrected chi connectivity index (χ4v) is 13.2. The van der Waals surface area contributed by atoms with E-state index in [1.807, 2.05) is 109 Å². The number of nitrogens with zero attached hydrogens (tertiary/aromatic N) is 15. The number of pyridine rings is 4. The first-order chi connectivity index (χ1) is 57.6. The van der Waals surface area contributed by atoms with Crippen molar-refractivity contribution in [1.82, 2.24) is 78.4 Å². The lowest BCUT2D eigenvalue weighted by molar-refractivity contribution is -0.193. The van der Waals surface area contributed by atoms with Crippen LogP contribution in [-0.4, -0.2) is 328 Å². The average molecular weight is 1750 g/mol. The zero-order chi connectivity index (χ0) is 91.4. The summed E-state index contributed by atoms with van der Waals surface area (Å²) in [5, 5.41) is 43.9. The number of nitriles is 1. The quantitative estimate of drug-likeness (QED) is 0.0586. The van der Waals surface area contributed by atoms with Gasteiger partial charge in [0.2, 0.25) is 5.56 Å². The van der Waals surface area contributed by atoms with Crippen LogP contribution in [0.25, 0.3) is 0 Å².